The van der Waals surface area contributed by atoms with Crippen molar-refractivity contribution in [2.75, 3.05) is 13.4 Å². The summed E-state index contributed by atoms with van der Waals surface area (Å²) in [7, 11) is 1.57. The number of methoxy groups -OCH3 is 1. The highest BCUT2D eigenvalue weighted by Crippen LogP contribution is 2.15. The van der Waals surface area contributed by atoms with Gasteiger partial charge >= 0.3 is 11.4 Å². The number of thioether (sulfide) groups is 1. The average molecular weight is 414 g/mol. The van der Waals surface area contributed by atoms with E-state index in [2.05, 4.69) is 4.98 Å². The van der Waals surface area contributed by atoms with Crippen LogP contribution in [0.2, 0.25) is 0 Å². The Bertz CT molecular complexity index is 1140. The molecule has 0 unspecified atom stereocenters. The van der Waals surface area contributed by atoms with E-state index in [1.54, 1.807) is 25.5 Å². The van der Waals surface area contributed by atoms with Gasteiger partial charge in [0, 0.05) is 12.1 Å². The number of rotatable bonds is 7. The summed E-state index contributed by atoms with van der Waals surface area (Å²) in [4.78, 5) is 39.7. The van der Waals surface area contributed by atoms with Crippen LogP contribution in [-0.4, -0.2) is 32.4 Å². The summed E-state index contributed by atoms with van der Waals surface area (Å²) in [5.41, 5.74) is 0.219. The van der Waals surface area contributed by atoms with Gasteiger partial charge in [-0.25, -0.2) is 14.2 Å². The van der Waals surface area contributed by atoms with Gasteiger partial charge in [-0.2, -0.15) is 4.98 Å². The van der Waals surface area contributed by atoms with Crippen LogP contribution < -0.4 is 16.1 Å². The van der Waals surface area contributed by atoms with Crippen LogP contribution in [0.25, 0.3) is 0 Å². The van der Waals surface area contributed by atoms with Crippen LogP contribution in [0, 0.1) is 10.1 Å². The Morgan fingerprint density at radius 3 is 2.07 bits per heavy atom. The third-order valence-corrected chi connectivity index (χ3v) is 4.96. The zero-order valence-corrected chi connectivity index (χ0v) is 16.6. The maximum Gasteiger partial charge on any atom is 0.354 e. The molecule has 0 N–H and O–H groups in total. The van der Waals surface area contributed by atoms with Gasteiger partial charge in [0.2, 0.25) is 0 Å². The summed E-state index contributed by atoms with van der Waals surface area (Å²) in [6.45, 7) is 0.215. The standard InChI is InChI=1S/C19H18N4O5S/c1-28-16-9-5-14(6-10-16)12-22-18(29-2)20-17(24)21(19(22)25)11-13-3-7-15(8-4-13)23(26)27/h3-10H,11-12H2,1-2H3. The van der Waals surface area contributed by atoms with Crippen molar-refractivity contribution in [2.24, 2.45) is 0 Å². The van der Waals surface area contributed by atoms with Crippen molar-refractivity contribution in [3.63, 3.8) is 0 Å². The molecule has 0 saturated heterocycles. The lowest BCUT2D eigenvalue weighted by Gasteiger charge is -2.13. The number of hydrogen-bond acceptors (Lipinski definition) is 7. The average Bonchev–Trinajstić information content (AvgIpc) is 2.73. The summed E-state index contributed by atoms with van der Waals surface area (Å²) in [5, 5.41) is 11.1. The fourth-order valence-electron chi connectivity index (χ4n) is 2.76. The van der Waals surface area contributed by atoms with Crippen LogP contribution in [-0.2, 0) is 13.1 Å². The van der Waals surface area contributed by atoms with Crippen LogP contribution in [0.1, 0.15) is 11.1 Å². The molecule has 0 atom stereocenters. The van der Waals surface area contributed by atoms with Crippen molar-refractivity contribution >= 4 is 17.4 Å². The number of non-ortho nitro benzene ring substituents is 1. The minimum atomic E-state index is -0.663. The van der Waals surface area contributed by atoms with Gasteiger partial charge in [-0.3, -0.25) is 14.7 Å². The first-order valence-corrected chi connectivity index (χ1v) is 9.77. The van der Waals surface area contributed by atoms with Gasteiger partial charge in [0.15, 0.2) is 5.16 Å². The van der Waals surface area contributed by atoms with Crippen molar-refractivity contribution in [1.82, 2.24) is 14.1 Å². The quantitative estimate of drug-likeness (QED) is 0.331. The van der Waals surface area contributed by atoms with Crippen molar-refractivity contribution in [3.05, 3.63) is 90.7 Å². The second-order valence-corrected chi connectivity index (χ2v) is 6.88. The van der Waals surface area contributed by atoms with Gasteiger partial charge in [-0.1, -0.05) is 36.0 Å². The molecule has 0 aliphatic heterocycles. The zero-order valence-electron chi connectivity index (χ0n) is 15.8. The van der Waals surface area contributed by atoms with E-state index in [1.165, 1.54) is 40.6 Å². The number of aromatic nitrogens is 3. The second kappa shape index (κ2) is 8.74. The molecule has 2 aromatic carbocycles. The Labute approximate surface area is 169 Å². The van der Waals surface area contributed by atoms with E-state index in [1.807, 2.05) is 12.1 Å². The normalized spacial score (nSPS) is 10.7. The van der Waals surface area contributed by atoms with Gasteiger partial charge in [0.1, 0.15) is 5.75 Å². The Kier molecular flexibility index (Phi) is 6.13. The maximum atomic E-state index is 13.0. The van der Waals surface area contributed by atoms with Crippen molar-refractivity contribution in [2.45, 2.75) is 18.2 Å². The van der Waals surface area contributed by atoms with Crippen LogP contribution in [0.4, 0.5) is 5.69 Å². The zero-order chi connectivity index (χ0) is 21.0. The molecular weight excluding hydrogens is 396 g/mol. The maximum absolute atomic E-state index is 13.0. The molecule has 0 aliphatic carbocycles. The highest BCUT2D eigenvalue weighted by Gasteiger charge is 2.14. The summed E-state index contributed by atoms with van der Waals surface area (Å²) in [6, 6.07) is 12.9. The summed E-state index contributed by atoms with van der Waals surface area (Å²) in [5.74, 6) is 0.701. The van der Waals surface area contributed by atoms with E-state index in [0.29, 0.717) is 16.5 Å². The molecule has 0 saturated carbocycles. The molecule has 0 amide bonds. The van der Waals surface area contributed by atoms with E-state index < -0.39 is 16.3 Å². The molecule has 150 valence electrons. The fraction of sp³-hybridized carbons (Fsp3) is 0.211. The van der Waals surface area contributed by atoms with E-state index in [4.69, 9.17) is 4.74 Å². The van der Waals surface area contributed by atoms with Crippen molar-refractivity contribution in [1.29, 1.82) is 0 Å². The van der Waals surface area contributed by atoms with E-state index in [0.717, 1.165) is 10.1 Å². The number of nitrogens with zero attached hydrogens (tertiary/aromatic N) is 4. The van der Waals surface area contributed by atoms with Gasteiger partial charge in [-0.05, 0) is 29.5 Å². The lowest BCUT2D eigenvalue weighted by atomic mass is 10.2. The minimum absolute atomic E-state index is 0.0278. The third-order valence-electron chi connectivity index (χ3n) is 4.29. The second-order valence-electron chi connectivity index (χ2n) is 6.11. The first-order valence-electron chi connectivity index (χ1n) is 8.55. The highest BCUT2D eigenvalue weighted by atomic mass is 32.2. The highest BCUT2D eigenvalue weighted by molar-refractivity contribution is 7.98. The molecule has 1 heterocycles. The molecule has 0 spiro atoms. The van der Waals surface area contributed by atoms with E-state index >= 15 is 0 Å². The predicted molar refractivity (Wildman–Crippen MR) is 109 cm³/mol. The molecule has 0 fully saturated rings. The van der Waals surface area contributed by atoms with Crippen molar-refractivity contribution in [3.8, 4) is 5.75 Å². The molecule has 0 aliphatic rings. The number of nitro groups is 1. The van der Waals surface area contributed by atoms with Gasteiger partial charge < -0.3 is 4.74 Å². The molecule has 10 heteroatoms. The topological polar surface area (TPSA) is 109 Å². The summed E-state index contributed by atoms with van der Waals surface area (Å²) < 4.78 is 7.59. The molecule has 29 heavy (non-hydrogen) atoms. The lowest BCUT2D eigenvalue weighted by Crippen LogP contribution is -2.42. The van der Waals surface area contributed by atoms with Crippen LogP contribution >= 0.6 is 11.8 Å². The number of hydrogen-bond donors (Lipinski definition) is 0. The largest absolute Gasteiger partial charge is 0.497 e. The number of benzene rings is 2. The minimum Gasteiger partial charge on any atom is -0.497 e. The molecule has 0 radical (unpaired) electrons. The smallest absolute Gasteiger partial charge is 0.354 e. The molecule has 0 bridgehead atoms. The first-order chi connectivity index (χ1) is 13.9. The SMILES string of the molecule is COc1ccc(Cn2c(SC)nc(=O)n(Cc3ccc([N+](=O)[O-])cc3)c2=O)cc1. The molecule has 9 nitrogen and oxygen atoms in total. The number of nitro benzene ring substituents is 1. The summed E-state index contributed by atoms with van der Waals surface area (Å²) in [6.07, 6.45) is 1.74. The first kappa shape index (κ1) is 20.3. The van der Waals surface area contributed by atoms with Crippen LogP contribution in [0.5, 0.6) is 5.75 Å². The Morgan fingerprint density at radius 2 is 1.55 bits per heavy atom. The molecular formula is C19H18N4O5S. The predicted octanol–water partition coefficient (Wildman–Crippen LogP) is 2.14. The third kappa shape index (κ3) is 4.54. The van der Waals surface area contributed by atoms with Gasteiger partial charge in [0.05, 0.1) is 25.1 Å². The number of ether oxygens (including phenoxy) is 1. The molecule has 3 aromatic rings. The summed E-state index contributed by atoms with van der Waals surface area (Å²) >= 11 is 1.21. The Morgan fingerprint density at radius 1 is 1.00 bits per heavy atom. The van der Waals surface area contributed by atoms with E-state index in [-0.39, 0.29) is 18.8 Å². The molecule has 1 aromatic heterocycles. The lowest BCUT2D eigenvalue weighted by molar-refractivity contribution is -0.384. The fourth-order valence-corrected chi connectivity index (χ4v) is 3.29. The van der Waals surface area contributed by atoms with Crippen LogP contribution in [0.3, 0.4) is 0 Å². The van der Waals surface area contributed by atoms with Crippen molar-refractivity contribution < 1.29 is 9.66 Å². The van der Waals surface area contributed by atoms with Gasteiger partial charge in [0.25, 0.3) is 5.69 Å². The van der Waals surface area contributed by atoms with Crippen LogP contribution in [0.15, 0.2) is 63.3 Å². The van der Waals surface area contributed by atoms with Gasteiger partial charge in [-0.15, -0.1) is 0 Å². The monoisotopic (exact) mass is 414 g/mol. The molecule has 3 rings (SSSR count). The van der Waals surface area contributed by atoms with E-state index in [9.17, 15) is 19.7 Å². The Balaban J connectivity index is 1.97. The Hall–Kier alpha value is -3.40.